The molecule has 8 nitrogen and oxygen atoms in total. The smallest absolute Gasteiger partial charge is 0.319 e. The second-order valence-electron chi connectivity index (χ2n) is 9.17. The Hall–Kier alpha value is -4.28. The van der Waals surface area contributed by atoms with Crippen LogP contribution in [0.1, 0.15) is 29.9 Å². The average molecular weight is 496 g/mol. The molecule has 3 aromatic rings. The molecule has 0 saturated heterocycles. The lowest BCUT2D eigenvalue weighted by Crippen LogP contribution is -2.36. The number of carbonyl (C=O) groups excluding carboxylic acids is 2. The Morgan fingerprint density at radius 2 is 1.92 bits per heavy atom. The van der Waals surface area contributed by atoms with Crippen molar-refractivity contribution in [3.63, 3.8) is 0 Å². The molecule has 2 aromatic carbocycles. The Labute approximate surface area is 202 Å². The highest BCUT2D eigenvalue weighted by atomic mass is 19.2. The summed E-state index contributed by atoms with van der Waals surface area (Å²) < 4.78 is 46.1. The van der Waals surface area contributed by atoms with Gasteiger partial charge in [0.25, 0.3) is 0 Å². The molecular formula is C25H19F3N4O4. The van der Waals surface area contributed by atoms with Crippen molar-refractivity contribution in [2.24, 2.45) is 5.92 Å². The van der Waals surface area contributed by atoms with Gasteiger partial charge in [-0.3, -0.25) is 4.79 Å². The summed E-state index contributed by atoms with van der Waals surface area (Å²) in [7, 11) is 0. The Bertz CT molecular complexity index is 1430. The SMILES string of the molecule is O=C1CCc2c(Oc3ccc(O)c([C@@H]4[C@@H]5C[C@@]45NC(=O)Nc4cc(F)c(F)c(F)c4)c3)ccnc2N1. The van der Waals surface area contributed by atoms with Crippen molar-refractivity contribution in [3.8, 4) is 17.2 Å². The van der Waals surface area contributed by atoms with Gasteiger partial charge in [-0.1, -0.05) is 0 Å². The van der Waals surface area contributed by atoms with Crippen LogP contribution in [0.15, 0.2) is 42.6 Å². The maximum atomic E-state index is 13.4. The fourth-order valence-electron chi connectivity index (χ4n) is 4.95. The van der Waals surface area contributed by atoms with Crippen LogP contribution < -0.4 is 20.7 Å². The monoisotopic (exact) mass is 496 g/mol. The molecule has 2 aliphatic carbocycles. The zero-order chi connectivity index (χ0) is 25.2. The van der Waals surface area contributed by atoms with E-state index < -0.39 is 29.0 Å². The summed E-state index contributed by atoms with van der Waals surface area (Å²) >= 11 is 0. The Morgan fingerprint density at radius 3 is 2.67 bits per heavy atom. The number of anilines is 2. The summed E-state index contributed by atoms with van der Waals surface area (Å²) in [5, 5.41) is 18.3. The molecule has 0 bridgehead atoms. The molecule has 6 rings (SSSR count). The highest BCUT2D eigenvalue weighted by molar-refractivity contribution is 5.93. The molecule has 2 fully saturated rings. The predicted octanol–water partition coefficient (Wildman–Crippen LogP) is 4.56. The molecule has 3 amide bonds. The number of hydrogen-bond acceptors (Lipinski definition) is 5. The van der Waals surface area contributed by atoms with Gasteiger partial charge >= 0.3 is 6.03 Å². The van der Waals surface area contributed by atoms with Crippen LogP contribution in [0.4, 0.5) is 29.5 Å². The number of amides is 3. The molecule has 0 radical (unpaired) electrons. The number of nitrogens with zero attached hydrogens (tertiary/aromatic N) is 1. The number of rotatable bonds is 5. The number of halogens is 3. The number of urea groups is 1. The van der Waals surface area contributed by atoms with Gasteiger partial charge in [-0.15, -0.1) is 0 Å². The Kier molecular flexibility index (Phi) is 4.85. The number of aromatic hydroxyl groups is 1. The minimum atomic E-state index is -1.61. The lowest BCUT2D eigenvalue weighted by Gasteiger charge is -2.20. The molecule has 1 aromatic heterocycles. The minimum Gasteiger partial charge on any atom is -0.508 e. The largest absolute Gasteiger partial charge is 0.508 e. The third kappa shape index (κ3) is 3.67. The van der Waals surface area contributed by atoms with Crippen LogP contribution >= 0.6 is 0 Å². The number of aromatic nitrogens is 1. The molecule has 2 saturated carbocycles. The Balaban J connectivity index is 1.17. The quantitative estimate of drug-likeness (QED) is 0.387. The second-order valence-corrected chi connectivity index (χ2v) is 9.17. The zero-order valence-corrected chi connectivity index (χ0v) is 18.6. The first-order valence-corrected chi connectivity index (χ1v) is 11.3. The van der Waals surface area contributed by atoms with Crippen molar-refractivity contribution < 1.29 is 32.6 Å². The normalized spacial score (nSPS) is 23.1. The molecule has 1 aliphatic heterocycles. The molecule has 0 spiro atoms. The van der Waals surface area contributed by atoms with Crippen LogP contribution in [0.3, 0.4) is 0 Å². The average Bonchev–Trinajstić information content (AvgIpc) is 3.69. The van der Waals surface area contributed by atoms with E-state index in [-0.39, 0.29) is 29.2 Å². The van der Waals surface area contributed by atoms with Crippen molar-refractivity contribution in [2.75, 3.05) is 10.6 Å². The van der Waals surface area contributed by atoms with Crippen LogP contribution in [0.25, 0.3) is 0 Å². The molecule has 4 N–H and O–H groups in total. The van der Waals surface area contributed by atoms with E-state index in [1.807, 2.05) is 0 Å². The molecule has 3 aliphatic rings. The number of phenols is 1. The van der Waals surface area contributed by atoms with Crippen LogP contribution in [0, 0.1) is 23.4 Å². The predicted molar refractivity (Wildman–Crippen MR) is 121 cm³/mol. The maximum Gasteiger partial charge on any atom is 0.319 e. The van der Waals surface area contributed by atoms with Gasteiger partial charge in [0.2, 0.25) is 5.91 Å². The zero-order valence-electron chi connectivity index (χ0n) is 18.6. The van der Waals surface area contributed by atoms with Gasteiger partial charge in [0, 0.05) is 47.5 Å². The van der Waals surface area contributed by atoms with Gasteiger partial charge in [-0.2, -0.15) is 0 Å². The number of phenolic OH excluding ortho intramolecular Hbond substituents is 1. The third-order valence-electron chi connectivity index (χ3n) is 6.93. The highest BCUT2D eigenvalue weighted by Crippen LogP contribution is 2.77. The van der Waals surface area contributed by atoms with E-state index in [1.165, 1.54) is 12.3 Å². The first-order chi connectivity index (χ1) is 17.2. The van der Waals surface area contributed by atoms with Crippen LogP contribution in [0.5, 0.6) is 17.2 Å². The molecule has 0 unspecified atom stereocenters. The summed E-state index contributed by atoms with van der Waals surface area (Å²) in [6.45, 7) is 0. The number of ether oxygens (including phenoxy) is 1. The summed E-state index contributed by atoms with van der Waals surface area (Å²) in [6.07, 6.45) is 3.03. The van der Waals surface area contributed by atoms with E-state index >= 15 is 0 Å². The molecule has 36 heavy (non-hydrogen) atoms. The first-order valence-electron chi connectivity index (χ1n) is 11.3. The van der Waals surface area contributed by atoms with Crippen molar-refractivity contribution >= 4 is 23.4 Å². The van der Waals surface area contributed by atoms with Gasteiger partial charge in [-0.25, -0.2) is 22.9 Å². The second kappa shape index (κ2) is 7.87. The number of benzene rings is 2. The van der Waals surface area contributed by atoms with Gasteiger partial charge in [0.15, 0.2) is 17.5 Å². The third-order valence-corrected chi connectivity index (χ3v) is 6.93. The van der Waals surface area contributed by atoms with E-state index in [0.717, 1.165) is 5.56 Å². The van der Waals surface area contributed by atoms with Crippen LogP contribution in [-0.2, 0) is 11.2 Å². The number of hydrogen-bond donors (Lipinski definition) is 4. The summed E-state index contributed by atoms with van der Waals surface area (Å²) in [6, 6.07) is 7.22. The number of pyridine rings is 1. The molecule has 2 heterocycles. The van der Waals surface area contributed by atoms with Crippen LogP contribution in [-0.4, -0.2) is 27.6 Å². The van der Waals surface area contributed by atoms with Crippen molar-refractivity contribution in [2.45, 2.75) is 30.7 Å². The van der Waals surface area contributed by atoms with Gasteiger partial charge in [0.05, 0.1) is 5.54 Å². The van der Waals surface area contributed by atoms with Crippen LogP contribution in [0.2, 0.25) is 0 Å². The molecule has 3 atom stereocenters. The summed E-state index contributed by atoms with van der Waals surface area (Å²) in [5.41, 5.74) is 0.575. The molecular weight excluding hydrogens is 477 g/mol. The lowest BCUT2D eigenvalue weighted by atomic mass is 9.99. The summed E-state index contributed by atoms with van der Waals surface area (Å²) in [4.78, 5) is 28.3. The number of nitrogens with one attached hydrogen (secondary N) is 3. The van der Waals surface area contributed by atoms with E-state index in [0.29, 0.717) is 54.3 Å². The van der Waals surface area contributed by atoms with E-state index in [1.54, 1.807) is 18.2 Å². The molecule has 11 heteroatoms. The van der Waals surface area contributed by atoms with Crippen molar-refractivity contribution in [1.82, 2.24) is 10.3 Å². The number of carbonyl (C=O) groups is 2. The van der Waals surface area contributed by atoms with Gasteiger partial charge in [0.1, 0.15) is 23.1 Å². The van der Waals surface area contributed by atoms with Crippen molar-refractivity contribution in [3.05, 3.63) is 71.2 Å². The first kappa shape index (κ1) is 22.2. The van der Waals surface area contributed by atoms with Crippen molar-refractivity contribution in [1.29, 1.82) is 0 Å². The van der Waals surface area contributed by atoms with E-state index in [4.69, 9.17) is 4.74 Å². The maximum absolute atomic E-state index is 13.4. The standard InChI is InChI=1S/C25H19F3N4O4/c26-16-7-11(8-17(27)22(16)28)30-24(35)32-25-10-15(25)21(25)14-9-12(1-3-18(14)33)36-19-5-6-29-23-13(19)2-4-20(34)31-23/h1,3,5-9,15,21,33H,2,4,10H2,(H,29,31,34)(H2,30,32,35)/t15-,21+,25-/m0/s1. The topological polar surface area (TPSA) is 113 Å². The van der Waals surface area contributed by atoms with Gasteiger partial charge in [-0.05, 0) is 43.0 Å². The lowest BCUT2D eigenvalue weighted by molar-refractivity contribution is -0.116. The highest BCUT2D eigenvalue weighted by Gasteiger charge is 2.80. The fourth-order valence-corrected chi connectivity index (χ4v) is 4.95. The Morgan fingerprint density at radius 1 is 1.14 bits per heavy atom. The fraction of sp³-hybridized carbons (Fsp3) is 0.240. The van der Waals surface area contributed by atoms with Gasteiger partial charge < -0.3 is 25.8 Å². The molecule has 184 valence electrons. The minimum absolute atomic E-state index is 0.0489. The number of fused-ring (bicyclic) bond motifs is 2. The van der Waals surface area contributed by atoms with E-state index in [2.05, 4.69) is 20.9 Å². The summed E-state index contributed by atoms with van der Waals surface area (Å²) in [5.74, 6) is -3.08. The van der Waals surface area contributed by atoms with E-state index in [9.17, 15) is 27.9 Å².